The number of β-amino-alcohol motifs (C(OH)–C–C–N with tert-alkyl or cyclic N) is 1. The highest BCUT2D eigenvalue weighted by atomic mass is 19.2. The average Bonchev–Trinajstić information content (AvgIpc) is 2.26. The van der Waals surface area contributed by atoms with E-state index >= 15 is 0 Å². The van der Waals surface area contributed by atoms with Crippen LogP contribution in [0.5, 0.6) is 5.75 Å². The Kier molecular flexibility index (Phi) is 2.70. The number of likely N-dealkylation sites (tertiary alicyclic amines) is 1. The van der Waals surface area contributed by atoms with Gasteiger partial charge in [0.05, 0.1) is 11.7 Å². The number of phenols is 1. The number of amides is 1. The number of phenolic OH excluding ortho intramolecular Hbond substituents is 1. The van der Waals surface area contributed by atoms with Crippen LogP contribution in [0.3, 0.4) is 0 Å². The highest BCUT2D eigenvalue weighted by Crippen LogP contribution is 2.27. The van der Waals surface area contributed by atoms with Gasteiger partial charge in [-0.2, -0.15) is 4.39 Å². The number of hydrogen-bond acceptors (Lipinski definition) is 3. The van der Waals surface area contributed by atoms with E-state index in [2.05, 4.69) is 0 Å². The number of aromatic hydroxyl groups is 1. The molecule has 92 valence electrons. The molecular weight excluding hydrogens is 239 g/mol. The van der Waals surface area contributed by atoms with Crippen molar-refractivity contribution in [3.8, 4) is 5.75 Å². The Balaban J connectivity index is 2.36. The van der Waals surface area contributed by atoms with E-state index in [4.69, 9.17) is 10.2 Å². The standard InChI is InChI=1S/C10H8F3NO3/c11-6-1-5(7(12)9(16)8(6)13)10(17)14-2-4(15)3-14/h1,4,15-16H,2-3H2. The van der Waals surface area contributed by atoms with Gasteiger partial charge in [0.25, 0.3) is 5.91 Å². The molecule has 17 heavy (non-hydrogen) atoms. The van der Waals surface area contributed by atoms with Crippen LogP contribution in [-0.4, -0.2) is 40.2 Å². The van der Waals surface area contributed by atoms with Crippen LogP contribution in [0.4, 0.5) is 13.2 Å². The number of aliphatic hydroxyl groups is 1. The Morgan fingerprint density at radius 3 is 2.41 bits per heavy atom. The van der Waals surface area contributed by atoms with E-state index in [9.17, 15) is 18.0 Å². The first-order valence-electron chi connectivity index (χ1n) is 4.75. The molecule has 1 saturated heterocycles. The fraction of sp³-hybridized carbons (Fsp3) is 0.300. The van der Waals surface area contributed by atoms with Crippen LogP contribution in [0.25, 0.3) is 0 Å². The zero-order valence-corrected chi connectivity index (χ0v) is 8.45. The van der Waals surface area contributed by atoms with E-state index in [1.807, 2.05) is 0 Å². The molecule has 1 aliphatic heterocycles. The quantitative estimate of drug-likeness (QED) is 0.715. The highest BCUT2D eigenvalue weighted by Gasteiger charge is 2.32. The van der Waals surface area contributed by atoms with E-state index in [1.54, 1.807) is 0 Å². The molecule has 1 heterocycles. The second-order valence-electron chi connectivity index (χ2n) is 3.75. The van der Waals surface area contributed by atoms with Gasteiger partial charge in [-0.25, -0.2) is 8.78 Å². The minimum absolute atomic E-state index is 0.00195. The maximum absolute atomic E-state index is 13.3. The summed E-state index contributed by atoms with van der Waals surface area (Å²) in [4.78, 5) is 12.6. The number of rotatable bonds is 1. The van der Waals surface area contributed by atoms with Gasteiger partial charge in [-0.1, -0.05) is 0 Å². The van der Waals surface area contributed by atoms with Gasteiger partial charge < -0.3 is 15.1 Å². The monoisotopic (exact) mass is 247 g/mol. The van der Waals surface area contributed by atoms with Gasteiger partial charge >= 0.3 is 0 Å². The third-order valence-corrected chi connectivity index (χ3v) is 2.51. The molecule has 1 amide bonds. The lowest BCUT2D eigenvalue weighted by Crippen LogP contribution is -2.53. The van der Waals surface area contributed by atoms with Gasteiger partial charge in [-0.15, -0.1) is 0 Å². The topological polar surface area (TPSA) is 60.8 Å². The molecule has 1 fully saturated rings. The van der Waals surface area contributed by atoms with E-state index in [0.717, 1.165) is 4.90 Å². The van der Waals surface area contributed by atoms with Crippen molar-refractivity contribution in [2.75, 3.05) is 13.1 Å². The predicted molar refractivity (Wildman–Crippen MR) is 49.9 cm³/mol. The summed E-state index contributed by atoms with van der Waals surface area (Å²) in [5.41, 5.74) is -0.756. The number of carbonyl (C=O) groups is 1. The van der Waals surface area contributed by atoms with Crippen LogP contribution in [0, 0.1) is 17.5 Å². The van der Waals surface area contributed by atoms with Crippen molar-refractivity contribution in [1.29, 1.82) is 0 Å². The molecule has 7 heteroatoms. The minimum Gasteiger partial charge on any atom is -0.503 e. The van der Waals surface area contributed by atoms with Crippen molar-refractivity contribution in [3.05, 3.63) is 29.1 Å². The Bertz CT molecular complexity index is 486. The lowest BCUT2D eigenvalue weighted by atomic mass is 10.1. The molecule has 0 bridgehead atoms. The van der Waals surface area contributed by atoms with Crippen LogP contribution < -0.4 is 0 Å². The van der Waals surface area contributed by atoms with E-state index in [0.29, 0.717) is 6.07 Å². The molecule has 0 radical (unpaired) electrons. The number of carbonyl (C=O) groups excluding carboxylic acids is 1. The summed E-state index contributed by atoms with van der Waals surface area (Å²) in [6.07, 6.45) is -0.694. The van der Waals surface area contributed by atoms with Gasteiger partial charge in [0.2, 0.25) is 5.82 Å². The molecule has 0 saturated carbocycles. The zero-order valence-electron chi connectivity index (χ0n) is 8.45. The molecule has 0 unspecified atom stereocenters. The van der Waals surface area contributed by atoms with Crippen molar-refractivity contribution >= 4 is 5.91 Å². The summed E-state index contributed by atoms with van der Waals surface area (Å²) < 4.78 is 39.0. The lowest BCUT2D eigenvalue weighted by Gasteiger charge is -2.35. The maximum atomic E-state index is 13.3. The third-order valence-electron chi connectivity index (χ3n) is 2.51. The molecule has 0 atom stereocenters. The predicted octanol–water partition coefficient (Wildman–Crippen LogP) is 0.626. The van der Waals surface area contributed by atoms with Gasteiger partial charge in [0.15, 0.2) is 17.4 Å². The number of nitrogens with zero attached hydrogens (tertiary/aromatic N) is 1. The third kappa shape index (κ3) is 1.82. The van der Waals surface area contributed by atoms with Crippen LogP contribution in [0.1, 0.15) is 10.4 Å². The Morgan fingerprint density at radius 1 is 1.29 bits per heavy atom. The van der Waals surface area contributed by atoms with Gasteiger partial charge in [-0.05, 0) is 6.07 Å². The molecule has 0 spiro atoms. The maximum Gasteiger partial charge on any atom is 0.257 e. The molecule has 1 aliphatic rings. The van der Waals surface area contributed by atoms with Crippen LogP contribution in [0.15, 0.2) is 6.07 Å². The minimum atomic E-state index is -1.73. The van der Waals surface area contributed by atoms with Crippen molar-refractivity contribution in [1.82, 2.24) is 4.90 Å². The second-order valence-corrected chi connectivity index (χ2v) is 3.75. The van der Waals surface area contributed by atoms with Gasteiger partial charge in [0, 0.05) is 13.1 Å². The molecule has 2 rings (SSSR count). The Labute approximate surface area is 93.9 Å². The van der Waals surface area contributed by atoms with E-state index in [-0.39, 0.29) is 13.1 Å². The molecule has 1 aromatic rings. The van der Waals surface area contributed by atoms with Crippen LogP contribution >= 0.6 is 0 Å². The van der Waals surface area contributed by atoms with Gasteiger partial charge in [0.1, 0.15) is 0 Å². The smallest absolute Gasteiger partial charge is 0.257 e. The normalized spacial score (nSPS) is 15.9. The van der Waals surface area contributed by atoms with Gasteiger partial charge in [-0.3, -0.25) is 4.79 Å². The van der Waals surface area contributed by atoms with Crippen LogP contribution in [0.2, 0.25) is 0 Å². The zero-order chi connectivity index (χ0) is 12.7. The lowest BCUT2D eigenvalue weighted by molar-refractivity contribution is 0.00550. The molecule has 0 aliphatic carbocycles. The van der Waals surface area contributed by atoms with Crippen LogP contribution in [-0.2, 0) is 0 Å². The summed E-state index contributed by atoms with van der Waals surface area (Å²) >= 11 is 0. The van der Waals surface area contributed by atoms with Crippen molar-refractivity contribution in [3.63, 3.8) is 0 Å². The Morgan fingerprint density at radius 2 is 1.88 bits per heavy atom. The largest absolute Gasteiger partial charge is 0.503 e. The first kappa shape index (κ1) is 11.7. The molecule has 1 aromatic carbocycles. The van der Waals surface area contributed by atoms with Crippen molar-refractivity contribution in [2.24, 2.45) is 0 Å². The second kappa shape index (κ2) is 3.92. The van der Waals surface area contributed by atoms with Crippen molar-refractivity contribution in [2.45, 2.75) is 6.10 Å². The fourth-order valence-corrected chi connectivity index (χ4v) is 1.54. The summed E-state index contributed by atoms with van der Waals surface area (Å²) in [5.74, 6) is -7.16. The number of halogens is 3. The SMILES string of the molecule is O=C(c1cc(F)c(F)c(O)c1F)N1CC(O)C1. The van der Waals surface area contributed by atoms with E-state index in [1.165, 1.54) is 0 Å². The molecular formula is C10H8F3NO3. The highest BCUT2D eigenvalue weighted by molar-refractivity contribution is 5.95. The summed E-state index contributed by atoms with van der Waals surface area (Å²) in [6, 6.07) is 0.386. The molecule has 4 nitrogen and oxygen atoms in total. The first-order valence-corrected chi connectivity index (χ1v) is 4.75. The first-order chi connectivity index (χ1) is 7.91. The number of benzene rings is 1. The molecule has 2 N–H and O–H groups in total. The average molecular weight is 247 g/mol. The summed E-state index contributed by atoms with van der Waals surface area (Å²) in [7, 11) is 0. The van der Waals surface area contributed by atoms with Crippen molar-refractivity contribution < 1.29 is 28.2 Å². The fourth-order valence-electron chi connectivity index (χ4n) is 1.54. The Hall–Kier alpha value is -1.76. The summed E-state index contributed by atoms with van der Waals surface area (Å²) in [5, 5.41) is 17.9. The molecule has 0 aromatic heterocycles. The summed E-state index contributed by atoms with van der Waals surface area (Å²) in [6.45, 7) is -0.00391. The van der Waals surface area contributed by atoms with E-state index < -0.39 is 40.8 Å². The number of aliphatic hydroxyl groups excluding tert-OH is 1. The number of hydrogen-bond donors (Lipinski definition) is 2.